The molecule has 0 aromatic heterocycles. The zero-order valence-electron chi connectivity index (χ0n) is 13.3. The molecular formula is C15H26N2O2S. The zero-order valence-corrected chi connectivity index (χ0v) is 14.1. The fourth-order valence-corrected chi connectivity index (χ4v) is 3.91. The Morgan fingerprint density at radius 1 is 1.15 bits per heavy atom. The molecule has 2 N–H and O–H groups in total. The van der Waals surface area contributed by atoms with Crippen LogP contribution >= 0.6 is 0 Å². The van der Waals surface area contributed by atoms with Crippen LogP contribution in [0.5, 0.6) is 0 Å². The third-order valence-corrected chi connectivity index (χ3v) is 6.14. The molecule has 0 bridgehead atoms. The standard InChI is InChI=1S/C15H26N2O2S/c1-10(2)13(5)17(6)20(18,19)15-8-14(9-16)11(3)7-12(15)4/h7-8,10,13H,9,16H2,1-6H3. The quantitative estimate of drug-likeness (QED) is 0.908. The molecule has 0 fully saturated rings. The van der Waals surface area contributed by atoms with Gasteiger partial charge in [-0.1, -0.05) is 19.9 Å². The van der Waals surface area contributed by atoms with Gasteiger partial charge >= 0.3 is 0 Å². The molecule has 0 radical (unpaired) electrons. The molecule has 1 rings (SSSR count). The normalized spacial score (nSPS) is 14.1. The van der Waals surface area contributed by atoms with Crippen LogP contribution in [0.1, 0.15) is 37.5 Å². The number of nitrogens with zero attached hydrogens (tertiary/aromatic N) is 1. The van der Waals surface area contributed by atoms with E-state index in [1.807, 2.05) is 40.7 Å². The van der Waals surface area contributed by atoms with Crippen LogP contribution in [-0.2, 0) is 16.6 Å². The van der Waals surface area contributed by atoms with E-state index in [-0.39, 0.29) is 12.0 Å². The van der Waals surface area contributed by atoms with Gasteiger partial charge in [0.25, 0.3) is 0 Å². The second-order valence-corrected chi connectivity index (χ2v) is 7.72. The van der Waals surface area contributed by atoms with E-state index in [0.717, 1.165) is 16.7 Å². The van der Waals surface area contributed by atoms with Crippen LogP contribution in [-0.4, -0.2) is 25.8 Å². The Kier molecular flexibility index (Phi) is 5.35. The van der Waals surface area contributed by atoms with Gasteiger partial charge in [-0.15, -0.1) is 0 Å². The lowest BCUT2D eigenvalue weighted by molar-refractivity contribution is 0.315. The Labute approximate surface area is 123 Å². The maximum atomic E-state index is 12.8. The Hall–Kier alpha value is -0.910. The van der Waals surface area contributed by atoms with Gasteiger partial charge in [-0.3, -0.25) is 0 Å². The molecular weight excluding hydrogens is 272 g/mol. The van der Waals surface area contributed by atoms with Gasteiger partial charge in [-0.25, -0.2) is 8.42 Å². The van der Waals surface area contributed by atoms with Crippen molar-refractivity contribution in [1.29, 1.82) is 0 Å². The SMILES string of the molecule is Cc1cc(C)c(S(=O)(=O)N(C)C(C)C(C)C)cc1CN. The van der Waals surface area contributed by atoms with Gasteiger partial charge in [0.1, 0.15) is 0 Å². The summed E-state index contributed by atoms with van der Waals surface area (Å²) in [5, 5.41) is 0. The number of sulfonamides is 1. The maximum absolute atomic E-state index is 12.8. The van der Waals surface area contributed by atoms with Crippen LogP contribution in [0.4, 0.5) is 0 Å². The molecule has 0 saturated heterocycles. The summed E-state index contributed by atoms with van der Waals surface area (Å²) in [6.45, 7) is 10.1. The van der Waals surface area contributed by atoms with Crippen molar-refractivity contribution in [2.45, 2.75) is 52.1 Å². The van der Waals surface area contributed by atoms with Crippen molar-refractivity contribution in [2.24, 2.45) is 11.7 Å². The lowest BCUT2D eigenvalue weighted by Crippen LogP contribution is -2.38. The highest BCUT2D eigenvalue weighted by Gasteiger charge is 2.28. The second-order valence-electron chi connectivity index (χ2n) is 5.75. The lowest BCUT2D eigenvalue weighted by atomic mass is 10.1. The Balaban J connectivity index is 3.36. The minimum Gasteiger partial charge on any atom is -0.326 e. The van der Waals surface area contributed by atoms with Crippen molar-refractivity contribution in [2.75, 3.05) is 7.05 Å². The summed E-state index contributed by atoms with van der Waals surface area (Å²) in [6.07, 6.45) is 0. The van der Waals surface area contributed by atoms with E-state index < -0.39 is 10.0 Å². The number of aryl methyl sites for hydroxylation is 2. The van der Waals surface area contributed by atoms with Crippen molar-refractivity contribution in [3.05, 3.63) is 28.8 Å². The minimum atomic E-state index is -3.49. The van der Waals surface area contributed by atoms with Crippen LogP contribution in [0.15, 0.2) is 17.0 Å². The summed E-state index contributed by atoms with van der Waals surface area (Å²) in [5.74, 6) is 0.259. The third-order valence-electron chi connectivity index (χ3n) is 4.05. The van der Waals surface area contributed by atoms with Crippen LogP contribution < -0.4 is 5.73 Å². The predicted molar refractivity (Wildman–Crippen MR) is 83.1 cm³/mol. The van der Waals surface area contributed by atoms with Gasteiger partial charge < -0.3 is 5.73 Å². The van der Waals surface area contributed by atoms with Crippen molar-refractivity contribution in [3.63, 3.8) is 0 Å². The minimum absolute atomic E-state index is 0.0537. The van der Waals surface area contributed by atoms with E-state index in [2.05, 4.69) is 0 Å². The Bertz CT molecular complexity index is 580. The largest absolute Gasteiger partial charge is 0.326 e. The summed E-state index contributed by atoms with van der Waals surface area (Å²) in [7, 11) is -1.85. The molecule has 5 heteroatoms. The molecule has 0 saturated carbocycles. The third kappa shape index (κ3) is 3.22. The second kappa shape index (κ2) is 6.24. The molecule has 0 heterocycles. The Morgan fingerprint density at radius 2 is 1.70 bits per heavy atom. The van der Waals surface area contributed by atoms with Crippen molar-refractivity contribution >= 4 is 10.0 Å². The average molecular weight is 298 g/mol. The van der Waals surface area contributed by atoms with Crippen LogP contribution in [0.3, 0.4) is 0 Å². The summed E-state index contributed by atoms with van der Waals surface area (Å²) in [4.78, 5) is 0.360. The molecule has 1 atom stereocenters. The monoisotopic (exact) mass is 298 g/mol. The van der Waals surface area contributed by atoms with Crippen LogP contribution in [0.2, 0.25) is 0 Å². The molecule has 4 nitrogen and oxygen atoms in total. The first-order valence-corrected chi connectivity index (χ1v) is 8.35. The van der Waals surface area contributed by atoms with Crippen molar-refractivity contribution < 1.29 is 8.42 Å². The lowest BCUT2D eigenvalue weighted by Gasteiger charge is -2.28. The number of hydrogen-bond donors (Lipinski definition) is 1. The fourth-order valence-electron chi connectivity index (χ4n) is 2.17. The number of benzene rings is 1. The van der Waals surface area contributed by atoms with E-state index in [0.29, 0.717) is 11.4 Å². The average Bonchev–Trinajstić information content (AvgIpc) is 2.36. The van der Waals surface area contributed by atoms with E-state index in [1.165, 1.54) is 4.31 Å². The molecule has 0 spiro atoms. The first kappa shape index (κ1) is 17.1. The molecule has 20 heavy (non-hydrogen) atoms. The smallest absolute Gasteiger partial charge is 0.243 e. The molecule has 0 aliphatic rings. The van der Waals surface area contributed by atoms with E-state index in [9.17, 15) is 8.42 Å². The van der Waals surface area contributed by atoms with Gasteiger partial charge in [0.15, 0.2) is 0 Å². The number of hydrogen-bond acceptors (Lipinski definition) is 3. The Morgan fingerprint density at radius 3 is 2.15 bits per heavy atom. The first-order chi connectivity index (χ1) is 9.12. The van der Waals surface area contributed by atoms with E-state index in [4.69, 9.17) is 5.73 Å². The molecule has 1 aromatic rings. The highest BCUT2D eigenvalue weighted by Crippen LogP contribution is 2.25. The number of nitrogens with two attached hydrogens (primary N) is 1. The molecule has 0 aliphatic carbocycles. The van der Waals surface area contributed by atoms with Crippen LogP contribution in [0, 0.1) is 19.8 Å². The van der Waals surface area contributed by atoms with Crippen molar-refractivity contribution in [3.8, 4) is 0 Å². The molecule has 1 aromatic carbocycles. The highest BCUT2D eigenvalue weighted by molar-refractivity contribution is 7.89. The summed E-state index contributed by atoms with van der Waals surface area (Å²) < 4.78 is 27.0. The fraction of sp³-hybridized carbons (Fsp3) is 0.600. The van der Waals surface area contributed by atoms with E-state index in [1.54, 1.807) is 13.1 Å². The van der Waals surface area contributed by atoms with Crippen LogP contribution in [0.25, 0.3) is 0 Å². The van der Waals surface area contributed by atoms with Crippen molar-refractivity contribution in [1.82, 2.24) is 4.31 Å². The van der Waals surface area contributed by atoms with Gasteiger partial charge in [-0.2, -0.15) is 4.31 Å². The molecule has 0 amide bonds. The predicted octanol–water partition coefficient (Wildman–Crippen LogP) is 2.43. The highest BCUT2D eigenvalue weighted by atomic mass is 32.2. The van der Waals surface area contributed by atoms with Gasteiger partial charge in [0, 0.05) is 19.6 Å². The van der Waals surface area contributed by atoms with Gasteiger partial charge in [0.2, 0.25) is 10.0 Å². The topological polar surface area (TPSA) is 63.4 Å². The molecule has 1 unspecified atom stereocenters. The van der Waals surface area contributed by atoms with Gasteiger partial charge in [-0.05, 0) is 49.4 Å². The van der Waals surface area contributed by atoms with E-state index >= 15 is 0 Å². The van der Waals surface area contributed by atoms with Gasteiger partial charge in [0.05, 0.1) is 4.90 Å². The zero-order chi connectivity index (χ0) is 15.7. The molecule has 0 aliphatic heterocycles. The maximum Gasteiger partial charge on any atom is 0.243 e. The number of rotatable bonds is 5. The first-order valence-electron chi connectivity index (χ1n) is 6.91. The summed E-state index contributed by atoms with van der Waals surface area (Å²) >= 11 is 0. The molecule has 114 valence electrons. The summed E-state index contributed by atoms with van der Waals surface area (Å²) in [6, 6.07) is 3.55. The summed E-state index contributed by atoms with van der Waals surface area (Å²) in [5.41, 5.74) is 8.36.